The Morgan fingerprint density at radius 2 is 1.68 bits per heavy atom. The number of carbonyl (C=O) groups excluding carboxylic acids is 1. The number of aromatic nitrogens is 4. The quantitative estimate of drug-likeness (QED) is 0.0838. The lowest BCUT2D eigenvalue weighted by Crippen LogP contribution is -2.58. The zero-order valence-corrected chi connectivity index (χ0v) is 41.4. The fraction of sp³-hybridized carbons (Fsp3) is 0.489. The van der Waals surface area contributed by atoms with Gasteiger partial charge < -0.3 is 23.2 Å². The Hall–Kier alpha value is -3.45. The van der Waals surface area contributed by atoms with Crippen LogP contribution in [0.2, 0.25) is 37.8 Å². The summed E-state index contributed by atoms with van der Waals surface area (Å²) in [7, 11) is -4.48. The molecule has 2 aromatic carbocycles. The number of ether oxygens (including phenoxy) is 3. The van der Waals surface area contributed by atoms with E-state index in [1.165, 1.54) is 11.1 Å². The molecule has 60 heavy (non-hydrogen) atoms. The van der Waals surface area contributed by atoms with Crippen LogP contribution in [0.5, 0.6) is 5.88 Å². The van der Waals surface area contributed by atoms with Crippen LogP contribution in [-0.4, -0.2) is 87.9 Å². The van der Waals surface area contributed by atoms with Crippen LogP contribution in [0.15, 0.2) is 70.4 Å². The number of rotatable bonds is 13. The van der Waals surface area contributed by atoms with E-state index in [1.807, 2.05) is 29.8 Å². The van der Waals surface area contributed by atoms with E-state index in [2.05, 4.69) is 76.4 Å². The lowest BCUT2D eigenvalue weighted by atomic mass is 9.61. The number of Topliss-reactive ketones (excluding diaryl/α,β-unsaturated/α-hetero) is 1. The van der Waals surface area contributed by atoms with Crippen LogP contribution in [0, 0.1) is 12.8 Å². The Balaban J connectivity index is 1.37. The molecule has 0 aliphatic heterocycles. The Kier molecular flexibility index (Phi) is 11.9. The van der Waals surface area contributed by atoms with Crippen LogP contribution in [0.25, 0.3) is 33.4 Å². The summed E-state index contributed by atoms with van der Waals surface area (Å²) in [6.07, 6.45) is 6.86. The molecule has 0 saturated heterocycles. The molecule has 0 amide bonds. The number of ketones is 1. The predicted molar refractivity (Wildman–Crippen MR) is 246 cm³/mol. The fourth-order valence-corrected chi connectivity index (χ4v) is 12.3. The van der Waals surface area contributed by atoms with Crippen molar-refractivity contribution in [1.29, 1.82) is 0 Å². The van der Waals surface area contributed by atoms with Crippen LogP contribution in [0.1, 0.15) is 68.1 Å². The highest BCUT2D eigenvalue weighted by atomic mass is 79.9. The van der Waals surface area contributed by atoms with Crippen molar-refractivity contribution in [2.45, 2.75) is 114 Å². The van der Waals surface area contributed by atoms with Gasteiger partial charge in [0.15, 0.2) is 8.32 Å². The summed E-state index contributed by atoms with van der Waals surface area (Å²) in [5.74, 6) is 0.179. The third kappa shape index (κ3) is 8.03. The molecule has 0 unspecified atom stereocenters. The van der Waals surface area contributed by atoms with Crippen molar-refractivity contribution in [3.05, 3.63) is 82.3 Å². The Morgan fingerprint density at radius 3 is 2.32 bits per heavy atom. The molecule has 11 nitrogen and oxygen atoms in total. The van der Waals surface area contributed by atoms with Crippen LogP contribution in [0.4, 0.5) is 0 Å². The van der Waals surface area contributed by atoms with Crippen molar-refractivity contribution in [3.63, 3.8) is 0 Å². The number of methoxy groups -OCH3 is 2. The summed E-state index contributed by atoms with van der Waals surface area (Å²) < 4.78 is 58.0. The van der Waals surface area contributed by atoms with Gasteiger partial charge in [0.2, 0.25) is 11.7 Å². The molecule has 0 N–H and O–H groups in total. The molecule has 15 heteroatoms. The van der Waals surface area contributed by atoms with E-state index >= 15 is 4.79 Å². The predicted octanol–water partition coefficient (Wildman–Crippen LogP) is 10.3. The number of hydrogen-bond donors (Lipinski definition) is 0. The van der Waals surface area contributed by atoms with Gasteiger partial charge in [0.05, 0.1) is 55.9 Å². The van der Waals surface area contributed by atoms with Crippen LogP contribution in [-0.2, 0) is 30.5 Å². The molecule has 1 fully saturated rings. The highest BCUT2D eigenvalue weighted by Gasteiger charge is 2.58. The number of carbonyl (C=O) groups is 1. The molecule has 3 aromatic heterocycles. The molecule has 5 aromatic rings. The minimum absolute atomic E-state index is 0.0133. The second-order valence-corrected chi connectivity index (χ2v) is 32.3. The number of halogens is 1. The summed E-state index contributed by atoms with van der Waals surface area (Å²) in [6, 6.07) is 12.3. The van der Waals surface area contributed by atoms with Gasteiger partial charge in [-0.25, -0.2) is 22.4 Å². The van der Waals surface area contributed by atoms with E-state index < -0.39 is 32.0 Å². The first kappa shape index (κ1) is 44.6. The average Bonchev–Trinajstić information content (AvgIpc) is 3.75. The molecule has 3 heterocycles. The topological polar surface area (TPSA) is 124 Å². The lowest BCUT2D eigenvalue weighted by molar-refractivity contribution is -0.0777. The SMILES string of the molecule is COc1nc(-c2cn(CCOC[Si](C)(C)C)c3c2[C@@H]2C[C@@](OC)(C[C@@H](O[Si](C)(C)C(C)(C)C)[C@@H]2C)C3=O)cnc1-c1cn(S(=O)(=O)c2ccc(C)cc2)c2cc(Br)ccc12. The van der Waals surface area contributed by atoms with Gasteiger partial charge in [0.25, 0.3) is 10.0 Å². The average molecular weight is 936 g/mol. The van der Waals surface area contributed by atoms with E-state index in [0.29, 0.717) is 59.5 Å². The summed E-state index contributed by atoms with van der Waals surface area (Å²) in [6.45, 7) is 23.1. The largest absolute Gasteiger partial charge is 0.479 e. The van der Waals surface area contributed by atoms with Crippen LogP contribution >= 0.6 is 15.9 Å². The maximum absolute atomic E-state index is 15.0. The van der Waals surface area contributed by atoms with Crippen molar-refractivity contribution >= 4 is 59.0 Å². The second kappa shape index (κ2) is 16.0. The normalized spacial score (nSPS) is 21.1. The molecule has 2 aliphatic rings. The van der Waals surface area contributed by atoms with E-state index in [0.717, 1.165) is 27.4 Å². The Labute approximate surface area is 365 Å². The van der Waals surface area contributed by atoms with Crippen molar-refractivity contribution in [1.82, 2.24) is 18.5 Å². The molecule has 2 aliphatic carbocycles. The van der Waals surface area contributed by atoms with E-state index in [1.54, 1.807) is 49.8 Å². The molecule has 2 bridgehead atoms. The lowest BCUT2D eigenvalue weighted by Gasteiger charge is -2.52. The number of benzene rings is 2. The van der Waals surface area contributed by atoms with Crippen LogP contribution in [0.3, 0.4) is 0 Å². The van der Waals surface area contributed by atoms with E-state index in [-0.39, 0.29) is 39.5 Å². The van der Waals surface area contributed by atoms with Crippen molar-refractivity contribution in [3.8, 4) is 28.4 Å². The van der Waals surface area contributed by atoms with Gasteiger partial charge >= 0.3 is 0 Å². The minimum Gasteiger partial charge on any atom is -0.479 e. The molecular formula is C45H59BrN4O7SSi2. The first-order valence-corrected chi connectivity index (χ1v) is 29.5. The second-order valence-electron chi connectivity index (χ2n) is 19.4. The van der Waals surface area contributed by atoms with Gasteiger partial charge in [-0.3, -0.25) is 4.79 Å². The monoisotopic (exact) mass is 934 g/mol. The molecular weight excluding hydrogens is 877 g/mol. The summed E-state index contributed by atoms with van der Waals surface area (Å²) in [5, 5.41) is 0.655. The van der Waals surface area contributed by atoms with Gasteiger partial charge in [-0.15, -0.1) is 0 Å². The van der Waals surface area contributed by atoms with E-state index in [9.17, 15) is 8.42 Å². The smallest absolute Gasteiger partial charge is 0.268 e. The molecule has 1 saturated carbocycles. The number of hydrogen-bond acceptors (Lipinski definition) is 9. The van der Waals surface area contributed by atoms with Crippen molar-refractivity contribution in [2.75, 3.05) is 27.1 Å². The van der Waals surface area contributed by atoms with Gasteiger partial charge in [0.1, 0.15) is 11.3 Å². The van der Waals surface area contributed by atoms with Gasteiger partial charge in [0, 0.05) is 59.7 Å². The fourth-order valence-electron chi connectivity index (χ4n) is 8.46. The number of fused-ring (bicyclic) bond motifs is 5. The molecule has 4 atom stereocenters. The minimum atomic E-state index is -3.99. The summed E-state index contributed by atoms with van der Waals surface area (Å²) in [5.41, 5.74) is 4.24. The highest BCUT2D eigenvalue weighted by Crippen LogP contribution is 2.55. The maximum atomic E-state index is 15.0. The third-order valence-electron chi connectivity index (χ3n) is 12.8. The Morgan fingerprint density at radius 1 is 0.983 bits per heavy atom. The summed E-state index contributed by atoms with van der Waals surface area (Å²) >= 11 is 3.54. The molecule has 322 valence electrons. The zero-order valence-electron chi connectivity index (χ0n) is 37.0. The van der Waals surface area contributed by atoms with Crippen molar-refractivity contribution in [2.24, 2.45) is 5.92 Å². The first-order chi connectivity index (χ1) is 28.0. The van der Waals surface area contributed by atoms with Crippen LogP contribution < -0.4 is 4.74 Å². The molecule has 7 rings (SSSR count). The van der Waals surface area contributed by atoms with Gasteiger partial charge in [-0.05, 0) is 73.1 Å². The van der Waals surface area contributed by atoms with E-state index in [4.69, 9.17) is 28.6 Å². The number of aryl methyl sites for hydroxylation is 1. The maximum Gasteiger partial charge on any atom is 0.268 e. The number of nitrogens with zero attached hydrogens (tertiary/aromatic N) is 4. The summed E-state index contributed by atoms with van der Waals surface area (Å²) in [4.78, 5) is 25.3. The Bertz CT molecular complexity index is 2560. The van der Waals surface area contributed by atoms with Gasteiger partial charge in [-0.1, -0.05) is 87.0 Å². The third-order valence-corrected chi connectivity index (χ3v) is 20.6. The molecule has 0 spiro atoms. The molecule has 0 radical (unpaired) electrons. The van der Waals surface area contributed by atoms with Crippen molar-refractivity contribution < 1.29 is 31.8 Å². The zero-order chi connectivity index (χ0) is 43.7. The standard InChI is InChI=1S/C45H59BrN4O7SSi2/c1-28-13-16-31(17-14-28)58(52,53)50-26-34(32-18-15-30(46)21-37(32)50)40-43(54-6)48-36(24-47-40)35-25-49(19-20-56-27-59(8,9)10)41-39(35)33-22-45(55-7,42(41)51)23-38(29(33)2)57-60(11,12)44(3,4)5/h13-18,21,24-26,29,33,38H,19-20,22-23,27H2,1-12H3/t29-,33-,38-,45-/m1/s1. The van der Waals surface area contributed by atoms with Gasteiger partial charge in [-0.2, -0.15) is 0 Å². The first-order valence-electron chi connectivity index (χ1n) is 20.6. The highest BCUT2D eigenvalue weighted by molar-refractivity contribution is 9.10.